The van der Waals surface area contributed by atoms with Gasteiger partial charge in [0.05, 0.1) is 23.3 Å². The first-order valence-corrected chi connectivity index (χ1v) is 20.0. The van der Waals surface area contributed by atoms with Crippen molar-refractivity contribution in [2.24, 2.45) is 0 Å². The van der Waals surface area contributed by atoms with E-state index in [0.29, 0.717) is 30.4 Å². The number of carbonyl (C=O) groups is 3. The second-order valence-corrected chi connectivity index (χ2v) is 15.8. The highest BCUT2D eigenvalue weighted by Gasteiger charge is 2.38. The van der Waals surface area contributed by atoms with Crippen molar-refractivity contribution in [3.63, 3.8) is 0 Å². The summed E-state index contributed by atoms with van der Waals surface area (Å²) in [5.74, 6) is 1.63. The minimum absolute atomic E-state index is 0.0176. The number of H-pyrrole nitrogens is 1. The molecule has 12 nitrogen and oxygen atoms in total. The topological polar surface area (TPSA) is 131 Å². The van der Waals surface area contributed by atoms with Gasteiger partial charge in [-0.15, -0.1) is 0 Å². The summed E-state index contributed by atoms with van der Waals surface area (Å²) in [6, 6.07) is 31.9. The molecule has 0 unspecified atom stereocenters. The molecule has 12 heteroatoms. The number of nitrogens with one attached hydrogen (secondary N) is 2. The number of oxazole rings is 1. The predicted octanol–water partition coefficient (Wildman–Crippen LogP) is 7.47. The number of aromatic amines is 1. The lowest BCUT2D eigenvalue weighted by molar-refractivity contribution is -0.138. The van der Waals surface area contributed by atoms with Gasteiger partial charge in [-0.2, -0.15) is 0 Å². The van der Waals surface area contributed by atoms with E-state index in [0.717, 1.165) is 64.8 Å². The maximum Gasteiger partial charge on any atom is 0.245 e. The fraction of sp³-hybridized carbons (Fsp3) is 0.326. The van der Waals surface area contributed by atoms with E-state index >= 15 is 0 Å². The Morgan fingerprint density at radius 2 is 1.43 bits per heavy atom. The van der Waals surface area contributed by atoms with Gasteiger partial charge in [-0.1, -0.05) is 78.9 Å². The zero-order valence-electron chi connectivity index (χ0n) is 33.5. The quantitative estimate of drug-likeness (QED) is 0.131. The van der Waals surface area contributed by atoms with Crippen LogP contribution >= 0.6 is 0 Å². The molecule has 4 aromatic carbocycles. The molecule has 6 aromatic rings. The summed E-state index contributed by atoms with van der Waals surface area (Å²) >= 11 is 0. The lowest BCUT2D eigenvalue weighted by Gasteiger charge is -2.32. The molecule has 0 aliphatic carbocycles. The van der Waals surface area contributed by atoms with E-state index in [9.17, 15) is 14.4 Å². The maximum atomic E-state index is 14.1. The van der Waals surface area contributed by atoms with Gasteiger partial charge in [0.2, 0.25) is 23.6 Å². The van der Waals surface area contributed by atoms with Gasteiger partial charge in [0.1, 0.15) is 23.4 Å². The number of hydrogen-bond donors (Lipinski definition) is 2. The van der Waals surface area contributed by atoms with Crippen LogP contribution in [0.2, 0.25) is 0 Å². The van der Waals surface area contributed by atoms with Crippen LogP contribution in [0.3, 0.4) is 0 Å². The summed E-state index contributed by atoms with van der Waals surface area (Å²) in [5.41, 5.74) is 5.58. The number of fused-ring (bicyclic) bond motifs is 1. The summed E-state index contributed by atoms with van der Waals surface area (Å²) in [6.45, 7) is 1.30. The van der Waals surface area contributed by atoms with Crippen molar-refractivity contribution in [3.8, 4) is 22.8 Å². The number of hydrogen-bond acceptors (Lipinski definition) is 8. The van der Waals surface area contributed by atoms with Gasteiger partial charge < -0.3 is 24.5 Å². The third-order valence-corrected chi connectivity index (χ3v) is 11.4. The van der Waals surface area contributed by atoms with Crippen LogP contribution in [0, 0.1) is 0 Å². The van der Waals surface area contributed by atoms with E-state index in [-0.39, 0.29) is 36.2 Å². The van der Waals surface area contributed by atoms with Gasteiger partial charge in [-0.05, 0) is 89.3 Å². The van der Waals surface area contributed by atoms with Crippen LogP contribution in [0.4, 0.5) is 5.69 Å². The van der Waals surface area contributed by atoms with Crippen LogP contribution in [0.1, 0.15) is 67.2 Å². The van der Waals surface area contributed by atoms with E-state index in [2.05, 4.69) is 15.3 Å². The van der Waals surface area contributed by atoms with Crippen LogP contribution < -0.4 is 5.32 Å². The Bertz CT molecular complexity index is 2390. The van der Waals surface area contributed by atoms with Crippen LogP contribution in [0.5, 0.6) is 0 Å². The molecule has 0 spiro atoms. The lowest BCUT2D eigenvalue weighted by atomic mass is 10.0. The standard InChI is InChI=1S/C46H50N8O4/c1-51(2)41(30-15-7-5-8-16-30)45(56)53-25-13-21-34(53)28-39(55)48-33-20-11-19-32(27-33)38-29-47-44(58-38)35-22-12-23-36-40(35)50-43(49-36)37-24-14-26-54(37)46(57)42(52(3)4)31-17-9-6-10-18-31/h5-12,15-20,22-23,27,29,34,37,41-42H,13-14,21,24-26,28H2,1-4H3,(H,48,55)(H,49,50)/t34-,37-,41+,42+/m0/s1. The summed E-state index contributed by atoms with van der Waals surface area (Å²) in [5, 5.41) is 3.05. The number of likely N-dealkylation sites (tertiary alicyclic amines) is 2. The number of amides is 3. The maximum absolute atomic E-state index is 14.1. The number of anilines is 1. The van der Waals surface area contributed by atoms with E-state index in [1.807, 2.05) is 151 Å². The van der Waals surface area contributed by atoms with Crippen molar-refractivity contribution in [2.45, 2.75) is 56.3 Å². The van der Waals surface area contributed by atoms with E-state index in [1.54, 1.807) is 6.20 Å². The second-order valence-electron chi connectivity index (χ2n) is 15.8. The molecule has 0 bridgehead atoms. The lowest BCUT2D eigenvalue weighted by Crippen LogP contribution is -2.44. The zero-order chi connectivity index (χ0) is 40.3. The minimum Gasteiger partial charge on any atom is -0.436 e. The fourth-order valence-corrected chi connectivity index (χ4v) is 8.65. The Hall–Kier alpha value is -6.11. The molecular weight excluding hydrogens is 729 g/mol. The van der Waals surface area contributed by atoms with Crippen molar-refractivity contribution < 1.29 is 18.8 Å². The smallest absolute Gasteiger partial charge is 0.245 e. The van der Waals surface area contributed by atoms with Gasteiger partial charge in [-0.25, -0.2) is 9.97 Å². The molecule has 2 saturated heterocycles. The minimum atomic E-state index is -0.412. The first-order chi connectivity index (χ1) is 28.2. The van der Waals surface area contributed by atoms with E-state index in [1.165, 1.54) is 0 Å². The van der Waals surface area contributed by atoms with Crippen molar-refractivity contribution in [1.82, 2.24) is 34.6 Å². The number of benzene rings is 4. The Labute approximate surface area is 338 Å². The summed E-state index contributed by atoms with van der Waals surface area (Å²) < 4.78 is 6.36. The molecule has 298 valence electrons. The number of rotatable bonds is 12. The van der Waals surface area contributed by atoms with Crippen LogP contribution in [-0.4, -0.2) is 99.6 Å². The number of aromatic nitrogens is 3. The number of likely N-dealkylation sites (N-methyl/N-ethyl adjacent to an activating group) is 2. The Morgan fingerprint density at radius 1 is 0.793 bits per heavy atom. The Kier molecular flexibility index (Phi) is 11.2. The molecule has 4 heterocycles. The number of carbonyl (C=O) groups excluding carboxylic acids is 3. The molecule has 58 heavy (non-hydrogen) atoms. The van der Waals surface area contributed by atoms with Gasteiger partial charge in [0, 0.05) is 36.8 Å². The van der Waals surface area contributed by atoms with E-state index in [4.69, 9.17) is 9.40 Å². The first-order valence-electron chi connectivity index (χ1n) is 20.0. The summed E-state index contributed by atoms with van der Waals surface area (Å²) in [7, 11) is 7.70. The zero-order valence-corrected chi connectivity index (χ0v) is 33.5. The van der Waals surface area contributed by atoms with Gasteiger partial charge >= 0.3 is 0 Å². The fourth-order valence-electron chi connectivity index (χ4n) is 8.65. The second kappa shape index (κ2) is 16.8. The average Bonchev–Trinajstić information content (AvgIpc) is 4.05. The van der Waals surface area contributed by atoms with Crippen molar-refractivity contribution in [1.29, 1.82) is 0 Å². The van der Waals surface area contributed by atoms with E-state index < -0.39 is 12.1 Å². The van der Waals surface area contributed by atoms with Gasteiger partial charge in [-0.3, -0.25) is 24.2 Å². The van der Waals surface area contributed by atoms with Crippen LogP contribution in [-0.2, 0) is 14.4 Å². The highest BCUT2D eigenvalue weighted by atomic mass is 16.4. The average molecular weight is 779 g/mol. The van der Waals surface area contributed by atoms with Crippen molar-refractivity contribution >= 4 is 34.4 Å². The first kappa shape index (κ1) is 38.7. The Balaban J connectivity index is 0.961. The molecule has 2 N–H and O–H groups in total. The normalized spacial score (nSPS) is 18.0. The molecule has 2 aromatic heterocycles. The highest BCUT2D eigenvalue weighted by Crippen LogP contribution is 2.37. The van der Waals surface area contributed by atoms with Crippen molar-refractivity contribution in [2.75, 3.05) is 46.6 Å². The van der Waals surface area contributed by atoms with Crippen LogP contribution in [0.25, 0.3) is 33.8 Å². The third-order valence-electron chi connectivity index (χ3n) is 11.4. The summed E-state index contributed by atoms with van der Waals surface area (Å²) in [6.07, 6.45) is 5.24. The van der Waals surface area contributed by atoms with Gasteiger partial charge in [0.25, 0.3) is 0 Å². The molecule has 8 rings (SSSR count). The molecule has 3 amide bonds. The number of imidazole rings is 1. The van der Waals surface area contributed by atoms with Crippen LogP contribution in [0.15, 0.2) is 114 Å². The third kappa shape index (κ3) is 7.90. The molecule has 2 aliphatic rings. The van der Waals surface area contributed by atoms with Crippen molar-refractivity contribution in [3.05, 3.63) is 126 Å². The summed E-state index contributed by atoms with van der Waals surface area (Å²) in [4.78, 5) is 62.3. The Morgan fingerprint density at radius 3 is 2.12 bits per heavy atom. The number of nitrogens with zero attached hydrogens (tertiary/aromatic N) is 6. The molecule has 0 radical (unpaired) electrons. The molecule has 2 fully saturated rings. The largest absolute Gasteiger partial charge is 0.436 e. The monoisotopic (exact) mass is 778 g/mol. The predicted molar refractivity (Wildman–Crippen MR) is 224 cm³/mol. The molecule has 4 atom stereocenters. The molecular formula is C46H50N8O4. The molecule has 0 saturated carbocycles. The van der Waals surface area contributed by atoms with Gasteiger partial charge in [0.15, 0.2) is 5.76 Å². The molecule has 2 aliphatic heterocycles. The highest BCUT2D eigenvalue weighted by molar-refractivity contribution is 5.93. The SMILES string of the molecule is CN(C)[C@@H](C(=O)N1CCC[C@H]1CC(=O)Nc1cccc(-c2cnc(-c3cccc4[nH]c([C@@H]5CCCN5C(=O)[C@@H](c5ccccc5)N(C)C)nc34)o2)c1)c1ccccc1. The number of para-hydroxylation sites is 1.